The normalized spacial score (nSPS) is 45.5. The zero-order valence-corrected chi connectivity index (χ0v) is 6.93. The molecule has 0 saturated heterocycles. The van der Waals surface area contributed by atoms with Gasteiger partial charge in [0.05, 0.1) is 6.61 Å². The van der Waals surface area contributed by atoms with Gasteiger partial charge >= 0.3 is 0 Å². The Hall–Kier alpha value is -0.530. The SMILES string of the molecule is CC12CC(CCOC=O)(C1)C2. The van der Waals surface area contributed by atoms with Crippen LogP contribution in [0.4, 0.5) is 0 Å². The monoisotopic (exact) mass is 154 g/mol. The Bertz CT molecular complexity index is 166. The molecule has 11 heavy (non-hydrogen) atoms. The van der Waals surface area contributed by atoms with E-state index in [0.29, 0.717) is 23.9 Å². The Balaban J connectivity index is 1.70. The molecular weight excluding hydrogens is 140 g/mol. The van der Waals surface area contributed by atoms with E-state index < -0.39 is 0 Å². The third-order valence-electron chi connectivity index (χ3n) is 3.22. The molecule has 62 valence electrons. The van der Waals surface area contributed by atoms with Crippen LogP contribution < -0.4 is 0 Å². The number of hydrogen-bond acceptors (Lipinski definition) is 2. The van der Waals surface area contributed by atoms with E-state index >= 15 is 0 Å². The number of carbonyl (C=O) groups excluding carboxylic acids is 1. The van der Waals surface area contributed by atoms with Gasteiger partial charge in [-0.3, -0.25) is 4.79 Å². The second-order valence-corrected chi connectivity index (χ2v) is 4.56. The van der Waals surface area contributed by atoms with Gasteiger partial charge in [-0.05, 0) is 36.5 Å². The maximum absolute atomic E-state index is 9.85. The maximum Gasteiger partial charge on any atom is 0.293 e. The van der Waals surface area contributed by atoms with Crippen molar-refractivity contribution in [1.82, 2.24) is 0 Å². The second kappa shape index (κ2) is 1.99. The molecule has 0 aromatic heterocycles. The molecule has 2 nitrogen and oxygen atoms in total. The van der Waals surface area contributed by atoms with Gasteiger partial charge in [0.25, 0.3) is 6.47 Å². The third kappa shape index (κ3) is 0.959. The predicted molar refractivity (Wildman–Crippen MR) is 41.0 cm³/mol. The molecule has 3 saturated carbocycles. The van der Waals surface area contributed by atoms with Crippen molar-refractivity contribution in [2.75, 3.05) is 6.61 Å². The molecule has 2 bridgehead atoms. The van der Waals surface area contributed by atoms with E-state index in [1.807, 2.05) is 0 Å². The van der Waals surface area contributed by atoms with Crippen molar-refractivity contribution in [3.63, 3.8) is 0 Å². The Kier molecular flexibility index (Phi) is 1.29. The summed E-state index contributed by atoms with van der Waals surface area (Å²) < 4.78 is 4.68. The molecule has 3 aliphatic rings. The van der Waals surface area contributed by atoms with Crippen LogP contribution in [0.15, 0.2) is 0 Å². The van der Waals surface area contributed by atoms with Gasteiger partial charge in [0.2, 0.25) is 0 Å². The smallest absolute Gasteiger partial charge is 0.293 e. The highest BCUT2D eigenvalue weighted by Gasteiger charge is 2.64. The van der Waals surface area contributed by atoms with Gasteiger partial charge in [-0.15, -0.1) is 0 Å². The van der Waals surface area contributed by atoms with Crippen molar-refractivity contribution in [2.24, 2.45) is 10.8 Å². The van der Waals surface area contributed by atoms with E-state index in [9.17, 15) is 4.79 Å². The average molecular weight is 154 g/mol. The number of rotatable bonds is 4. The molecule has 0 spiro atoms. The van der Waals surface area contributed by atoms with Crippen molar-refractivity contribution < 1.29 is 9.53 Å². The summed E-state index contributed by atoms with van der Waals surface area (Å²) in [7, 11) is 0. The maximum atomic E-state index is 9.85. The van der Waals surface area contributed by atoms with E-state index in [0.717, 1.165) is 6.42 Å². The molecule has 0 atom stereocenters. The zero-order valence-electron chi connectivity index (χ0n) is 6.93. The van der Waals surface area contributed by atoms with Crippen LogP contribution in [0.25, 0.3) is 0 Å². The molecule has 0 unspecified atom stereocenters. The number of hydrogen-bond donors (Lipinski definition) is 0. The Morgan fingerprint density at radius 1 is 1.45 bits per heavy atom. The minimum atomic E-state index is 0.549. The summed E-state index contributed by atoms with van der Waals surface area (Å²) in [5.74, 6) is 0. The standard InChI is InChI=1S/C9H14O2/c1-8-4-9(5-8,6-8)2-3-11-7-10/h7H,2-6H2,1H3. The molecule has 0 aliphatic heterocycles. The molecule has 3 aliphatic carbocycles. The first-order chi connectivity index (χ1) is 5.18. The molecule has 0 radical (unpaired) electrons. The predicted octanol–water partition coefficient (Wildman–Crippen LogP) is 1.74. The summed E-state index contributed by atoms with van der Waals surface area (Å²) >= 11 is 0. The Morgan fingerprint density at radius 2 is 2.09 bits per heavy atom. The molecule has 0 amide bonds. The lowest BCUT2D eigenvalue weighted by Gasteiger charge is -2.70. The number of ether oxygens (including phenoxy) is 1. The molecule has 0 aromatic rings. The quantitative estimate of drug-likeness (QED) is 0.455. The van der Waals surface area contributed by atoms with Gasteiger partial charge in [0.15, 0.2) is 0 Å². The fourth-order valence-corrected chi connectivity index (χ4v) is 3.15. The van der Waals surface area contributed by atoms with E-state index in [2.05, 4.69) is 11.7 Å². The molecule has 3 rings (SSSR count). The first kappa shape index (κ1) is 7.14. The summed E-state index contributed by atoms with van der Waals surface area (Å²) in [6, 6.07) is 0. The minimum Gasteiger partial charge on any atom is -0.468 e. The lowest BCUT2D eigenvalue weighted by atomic mass is 9.35. The fourth-order valence-electron chi connectivity index (χ4n) is 3.15. The Morgan fingerprint density at radius 3 is 2.55 bits per heavy atom. The summed E-state index contributed by atoms with van der Waals surface area (Å²) in [6.07, 6.45) is 5.17. The summed E-state index contributed by atoms with van der Waals surface area (Å²) in [4.78, 5) is 9.85. The van der Waals surface area contributed by atoms with Gasteiger partial charge in [0.1, 0.15) is 0 Å². The van der Waals surface area contributed by atoms with Gasteiger partial charge in [0, 0.05) is 0 Å². The largest absolute Gasteiger partial charge is 0.468 e. The first-order valence-electron chi connectivity index (χ1n) is 4.23. The highest BCUT2D eigenvalue weighted by molar-refractivity contribution is 5.36. The van der Waals surface area contributed by atoms with E-state index in [4.69, 9.17) is 0 Å². The highest BCUT2D eigenvalue weighted by atomic mass is 16.5. The van der Waals surface area contributed by atoms with E-state index in [-0.39, 0.29) is 0 Å². The van der Waals surface area contributed by atoms with Gasteiger partial charge < -0.3 is 4.74 Å². The van der Waals surface area contributed by atoms with Crippen LogP contribution in [0.3, 0.4) is 0 Å². The lowest BCUT2D eigenvalue weighted by Crippen LogP contribution is -2.60. The van der Waals surface area contributed by atoms with Crippen LogP contribution in [0.1, 0.15) is 32.6 Å². The minimum absolute atomic E-state index is 0.549. The van der Waals surface area contributed by atoms with Crippen molar-refractivity contribution in [3.05, 3.63) is 0 Å². The van der Waals surface area contributed by atoms with Crippen LogP contribution in [-0.4, -0.2) is 13.1 Å². The second-order valence-electron chi connectivity index (χ2n) is 4.56. The molecule has 0 heterocycles. The van der Waals surface area contributed by atoms with Crippen LogP contribution in [0.2, 0.25) is 0 Å². The van der Waals surface area contributed by atoms with Gasteiger partial charge in [-0.2, -0.15) is 0 Å². The van der Waals surface area contributed by atoms with E-state index in [1.54, 1.807) is 0 Å². The fraction of sp³-hybridized carbons (Fsp3) is 0.889. The summed E-state index contributed by atoms with van der Waals surface area (Å²) in [5.41, 5.74) is 1.28. The van der Waals surface area contributed by atoms with Crippen LogP contribution in [0, 0.1) is 10.8 Å². The molecule has 0 N–H and O–H groups in total. The van der Waals surface area contributed by atoms with Gasteiger partial charge in [-0.25, -0.2) is 0 Å². The summed E-state index contributed by atoms with van der Waals surface area (Å²) in [6.45, 7) is 3.52. The van der Waals surface area contributed by atoms with Crippen molar-refractivity contribution in [2.45, 2.75) is 32.6 Å². The highest BCUT2D eigenvalue weighted by Crippen LogP contribution is 2.74. The van der Waals surface area contributed by atoms with Crippen LogP contribution in [-0.2, 0) is 9.53 Å². The third-order valence-corrected chi connectivity index (χ3v) is 3.22. The van der Waals surface area contributed by atoms with Crippen molar-refractivity contribution in [3.8, 4) is 0 Å². The van der Waals surface area contributed by atoms with Crippen LogP contribution >= 0.6 is 0 Å². The van der Waals surface area contributed by atoms with Crippen molar-refractivity contribution >= 4 is 6.47 Å². The van der Waals surface area contributed by atoms with Gasteiger partial charge in [-0.1, -0.05) is 6.92 Å². The Labute approximate surface area is 66.9 Å². The molecule has 2 heteroatoms. The number of carbonyl (C=O) groups is 1. The molecular formula is C9H14O2. The van der Waals surface area contributed by atoms with Crippen molar-refractivity contribution in [1.29, 1.82) is 0 Å². The van der Waals surface area contributed by atoms with Crippen LogP contribution in [0.5, 0.6) is 0 Å². The molecule has 0 aromatic carbocycles. The average Bonchev–Trinajstić information content (AvgIpc) is 1.82. The topological polar surface area (TPSA) is 26.3 Å². The van der Waals surface area contributed by atoms with E-state index in [1.165, 1.54) is 19.3 Å². The first-order valence-corrected chi connectivity index (χ1v) is 4.23. The molecule has 3 fully saturated rings. The zero-order chi connectivity index (χ0) is 7.95. The summed E-state index contributed by atoms with van der Waals surface area (Å²) in [5, 5.41) is 0. The lowest BCUT2D eigenvalue weighted by molar-refractivity contribution is -0.200.